The first-order chi connectivity index (χ1) is 54.5. The zero-order valence-electron chi connectivity index (χ0n) is 56.9. The Kier molecular flexibility index (Phi) is 23.5. The molecular formula is C74H46F16Ga2N16O4. The molecule has 12 aromatic rings. The number of hydrogen-bond acceptors (Lipinski definition) is 16. The number of nitrogens with zero attached hydrogens (tertiary/aromatic N) is 16. The number of aromatic nitrogens is 4. The van der Waals surface area contributed by atoms with Crippen LogP contribution in [0.4, 0.5) is 98.3 Å². The van der Waals surface area contributed by atoms with Gasteiger partial charge < -0.3 is 0 Å². The topological polar surface area (TPSA) is 221 Å². The molecule has 0 spiro atoms. The van der Waals surface area contributed by atoms with Gasteiger partial charge in [0.1, 0.15) is 0 Å². The number of hydrogen-bond donors (Lipinski definition) is 0. The van der Waals surface area contributed by atoms with Gasteiger partial charge in [0.05, 0.1) is 0 Å². The van der Waals surface area contributed by atoms with E-state index in [1.165, 1.54) is 0 Å². The molecule has 20 nitrogen and oxygen atoms in total. The van der Waals surface area contributed by atoms with Crippen LogP contribution in [0.25, 0.3) is 43.1 Å². The van der Waals surface area contributed by atoms with Gasteiger partial charge in [-0.2, -0.15) is 0 Å². The fraction of sp³-hybridized carbons (Fsp3) is 0.108. The van der Waals surface area contributed by atoms with Gasteiger partial charge in [0, 0.05) is 0 Å². The first kappa shape index (κ1) is 77.7. The molecule has 0 saturated carbocycles. The number of alkyl halides is 15. The number of amidine groups is 8. The number of rotatable bonds is 4. The molecule has 112 heavy (non-hydrogen) atoms. The Morgan fingerprint density at radius 1 is 0.277 bits per heavy atom. The van der Waals surface area contributed by atoms with E-state index in [9.17, 15) is 79.8 Å². The van der Waals surface area contributed by atoms with E-state index < -0.39 is 100 Å². The third kappa shape index (κ3) is 14.3. The normalized spacial score (nSPS) is 13.8. The van der Waals surface area contributed by atoms with E-state index in [2.05, 4.69) is 0 Å². The molecule has 8 aliphatic heterocycles. The van der Waals surface area contributed by atoms with Gasteiger partial charge >= 0.3 is 540 Å². The SMILES string of the molecule is FCF.FCF.FCF.FCF.FCF.FCF.O=C(F)[O][Ga]1[n]2c3c4ccccc4c2N=C2N=C(N=c4c5ccccc5c([n]41)=NC1=NC(=N3)c3ccccc31)c1ccccc12.O=C([O][Ga]1[n]2c3c4ccccc4c2N=C2N=C(N=c4c5ccccc5c([n]41)=NC1=NC(=N3)c3ccccc31)c1ccccc12)C(F)(F)CF. The first-order valence-corrected chi connectivity index (χ1v) is 39.1. The van der Waals surface area contributed by atoms with Crippen molar-refractivity contribution in [2.24, 2.45) is 59.9 Å². The van der Waals surface area contributed by atoms with Gasteiger partial charge in [-0.05, 0) is 0 Å². The van der Waals surface area contributed by atoms with Crippen LogP contribution in [0.5, 0.6) is 0 Å². The standard InChI is InChI=1S/2C32H16N8.C3H3F3O2.6CH2F2.CHFO2.2Ga/c2*1-2-10-18-17(9-1)25-33-26(18)38-28-21-13-5-6-14-22(21)30(35-28)40-32-24-16-8-7-15-23(24)31(36-32)39-29-20-12-4-3-11-19(20)27(34-29)37-25;4-1-3(5,6)2(7)8;6*2-1-3;2-1(3)4;;/h2*1-16H;1H2,(H,7,8);6*1H2;(H,3,4);;/q2*-2;;;;;;;;;2*+3/p-2. The zero-order valence-corrected chi connectivity index (χ0v) is 61.8. The molecule has 8 aliphatic rings. The van der Waals surface area contributed by atoms with Gasteiger partial charge in [0.15, 0.2) is 0 Å². The van der Waals surface area contributed by atoms with E-state index in [0.717, 1.165) is 43.8 Å². The summed E-state index contributed by atoms with van der Waals surface area (Å²) in [5.41, 5.74) is 7.60. The van der Waals surface area contributed by atoms with Crippen molar-refractivity contribution in [2.75, 3.05) is 48.2 Å². The predicted molar refractivity (Wildman–Crippen MR) is 389 cm³/mol. The Morgan fingerprint density at radius 2 is 0.464 bits per heavy atom. The van der Waals surface area contributed by atoms with Crippen molar-refractivity contribution in [1.82, 2.24) is 13.1 Å². The van der Waals surface area contributed by atoms with Crippen LogP contribution in [-0.2, 0) is 11.9 Å². The van der Waals surface area contributed by atoms with Crippen molar-refractivity contribution in [3.05, 3.63) is 261 Å². The summed E-state index contributed by atoms with van der Waals surface area (Å²) in [6, 6.07) is 60.5. The summed E-state index contributed by atoms with van der Waals surface area (Å²) in [5.74, 6) is -1.73. The van der Waals surface area contributed by atoms with Crippen molar-refractivity contribution in [2.45, 2.75) is 5.92 Å². The second-order valence-corrected chi connectivity index (χ2v) is 31.3. The zero-order chi connectivity index (χ0) is 79.1. The summed E-state index contributed by atoms with van der Waals surface area (Å²) in [5, 5.41) is 5.46. The summed E-state index contributed by atoms with van der Waals surface area (Å²) in [6.07, 6.45) is -1.90. The molecule has 12 heterocycles. The fourth-order valence-electron chi connectivity index (χ4n) is 13.3. The van der Waals surface area contributed by atoms with E-state index >= 15 is 0 Å². The minimum atomic E-state index is -4.63. The van der Waals surface area contributed by atoms with Gasteiger partial charge in [-0.25, -0.2) is 52.7 Å². The maximum atomic E-state index is 14.9. The minimum absolute atomic E-state index is 0.290. The van der Waals surface area contributed by atoms with Crippen molar-refractivity contribution in [1.29, 1.82) is 0 Å². The molecule has 12 bridgehead atoms. The molecule has 0 amide bonds. The van der Waals surface area contributed by atoms with E-state index in [0.29, 0.717) is 136 Å². The third-order valence-electron chi connectivity index (χ3n) is 17.4. The molecule has 0 N–H and O–H groups in total. The van der Waals surface area contributed by atoms with Gasteiger partial charge in [-0.3, -0.25) is 0 Å². The van der Waals surface area contributed by atoms with Gasteiger partial charge in [-0.1, -0.05) is 0 Å². The van der Waals surface area contributed by atoms with E-state index in [4.69, 9.17) is 67.0 Å². The quantitative estimate of drug-likeness (QED) is 0.0953. The summed E-state index contributed by atoms with van der Waals surface area (Å²) in [7, 11) is 0. The van der Waals surface area contributed by atoms with Crippen LogP contribution < -0.4 is 22.0 Å². The third-order valence-corrected chi connectivity index (χ3v) is 26.9. The predicted octanol–water partition coefficient (Wildman–Crippen LogP) is 15.4. The molecule has 0 unspecified atom stereocenters. The molecule has 564 valence electrons. The molecule has 0 aliphatic carbocycles. The number of fused-ring (bicyclic) bond motifs is 28. The summed E-state index contributed by atoms with van der Waals surface area (Å²) >= 11 is -8.84. The molecule has 4 aromatic heterocycles. The van der Waals surface area contributed by atoms with Gasteiger partial charge in [0.2, 0.25) is 41.6 Å². The van der Waals surface area contributed by atoms with Crippen LogP contribution in [-0.4, -0.2) is 160 Å². The Balaban J connectivity index is 0.000000163. The average molecular weight is 1670 g/mol. The summed E-state index contributed by atoms with van der Waals surface area (Å²) < 4.78 is 192. The van der Waals surface area contributed by atoms with Crippen LogP contribution >= 0.6 is 0 Å². The molecule has 0 radical (unpaired) electrons. The number of carbonyl (C=O) groups is 2. The number of aliphatic imine (C=N–C) groups is 8. The number of halogens is 16. The van der Waals surface area contributed by atoms with Gasteiger partial charge in [-0.15, -0.1) is 0 Å². The van der Waals surface area contributed by atoms with Crippen LogP contribution in [0.1, 0.15) is 44.5 Å². The second-order valence-electron chi connectivity index (χ2n) is 23.2. The molecule has 0 saturated heterocycles. The second kappa shape index (κ2) is 33.8. The number of benzene rings is 8. The molecular weight excluding hydrogens is 1620 g/mol. The van der Waals surface area contributed by atoms with Crippen molar-refractivity contribution in [3.8, 4) is 0 Å². The van der Waals surface area contributed by atoms with Crippen LogP contribution in [0, 0.1) is 0 Å². The van der Waals surface area contributed by atoms with Crippen molar-refractivity contribution < 1.29 is 86.9 Å². The molecule has 38 heteroatoms. The van der Waals surface area contributed by atoms with E-state index in [-0.39, 0.29) is 0 Å². The average Bonchev–Trinajstić information content (AvgIpc) is 1.56. The van der Waals surface area contributed by atoms with Crippen molar-refractivity contribution in [3.63, 3.8) is 0 Å². The molecule has 20 rings (SSSR count). The maximum absolute atomic E-state index is 14.9. The van der Waals surface area contributed by atoms with Crippen molar-refractivity contribution >= 4 is 159 Å². The van der Waals surface area contributed by atoms with Crippen LogP contribution in [0.15, 0.2) is 254 Å². The summed E-state index contributed by atoms with van der Waals surface area (Å²) in [6.45, 7) is -12.7. The molecule has 0 atom stereocenters. The van der Waals surface area contributed by atoms with E-state index in [1.54, 1.807) is 13.1 Å². The Bertz CT molecular complexity index is 5950. The molecule has 8 aromatic carbocycles. The Morgan fingerprint density at radius 3 is 0.670 bits per heavy atom. The van der Waals surface area contributed by atoms with Crippen LogP contribution in [0.2, 0.25) is 0 Å². The summed E-state index contributed by atoms with van der Waals surface area (Å²) in [4.78, 5) is 86.0. The Labute approximate surface area is 630 Å². The van der Waals surface area contributed by atoms with Gasteiger partial charge in [0.25, 0.3) is 0 Å². The molecule has 0 fully saturated rings. The first-order valence-electron chi connectivity index (χ1n) is 32.7. The Hall–Kier alpha value is -12.4. The van der Waals surface area contributed by atoms with Crippen LogP contribution in [0.3, 0.4) is 0 Å². The fourth-order valence-corrected chi connectivity index (χ4v) is 23.1. The number of carbonyl (C=O) groups excluding carboxylic acids is 2. The van der Waals surface area contributed by atoms with E-state index in [1.807, 2.05) is 194 Å². The monoisotopic (exact) mass is 1660 g/mol.